The molecule has 0 radical (unpaired) electrons. The number of hydrogen-bond donors (Lipinski definition) is 2. The highest BCUT2D eigenvalue weighted by Gasteiger charge is 2.34. The highest BCUT2D eigenvalue weighted by atomic mass is 19.1. The van der Waals surface area contributed by atoms with Crippen LogP contribution in [-0.2, 0) is 4.79 Å². The van der Waals surface area contributed by atoms with E-state index in [4.69, 9.17) is 0 Å². The fraction of sp³-hybridized carbons (Fsp3) is 0.417. The maximum Gasteiger partial charge on any atom is 0.255 e. The molecule has 1 saturated heterocycles. The molecule has 18 heavy (non-hydrogen) atoms. The molecule has 1 aromatic carbocycles. The minimum atomic E-state index is -0.962. The van der Waals surface area contributed by atoms with E-state index in [-0.39, 0.29) is 24.7 Å². The van der Waals surface area contributed by atoms with Crippen LogP contribution in [0.1, 0.15) is 6.42 Å². The summed E-state index contributed by atoms with van der Waals surface area (Å²) < 4.78 is 25.8. The summed E-state index contributed by atoms with van der Waals surface area (Å²) in [6.07, 6.45) is -0.760. The molecule has 1 aliphatic rings. The molecule has 1 aromatic rings. The lowest BCUT2D eigenvalue weighted by atomic mass is 10.2. The average Bonchev–Trinajstić information content (AvgIpc) is 2.67. The van der Waals surface area contributed by atoms with Gasteiger partial charge >= 0.3 is 0 Å². The van der Waals surface area contributed by atoms with Crippen LogP contribution >= 0.6 is 0 Å². The smallest absolute Gasteiger partial charge is 0.255 e. The molecule has 0 saturated carbocycles. The molecule has 6 heteroatoms. The molecule has 2 unspecified atom stereocenters. The Morgan fingerprint density at radius 1 is 1.39 bits per heavy atom. The fourth-order valence-corrected chi connectivity index (χ4v) is 1.99. The molecule has 1 heterocycles. The van der Waals surface area contributed by atoms with Crippen LogP contribution in [0.15, 0.2) is 24.3 Å². The molecule has 0 spiro atoms. The van der Waals surface area contributed by atoms with Crippen LogP contribution in [0.3, 0.4) is 0 Å². The number of nitrogens with zero attached hydrogens (tertiary/aromatic N) is 1. The van der Waals surface area contributed by atoms with Crippen molar-refractivity contribution in [1.29, 1.82) is 0 Å². The maximum absolute atomic E-state index is 13.1. The van der Waals surface area contributed by atoms with Gasteiger partial charge in [0.05, 0.1) is 11.7 Å². The van der Waals surface area contributed by atoms with E-state index in [1.54, 1.807) is 11.9 Å². The topological polar surface area (TPSA) is 44.4 Å². The molecular weight excluding hydrogens is 240 g/mol. The summed E-state index contributed by atoms with van der Waals surface area (Å²) >= 11 is 0. The lowest BCUT2D eigenvalue weighted by Gasteiger charge is -2.18. The number of hydrogen-bond acceptors (Lipinski definition) is 3. The number of likely N-dealkylation sites (tertiary alicyclic amines) is 1. The molecular formula is C12H15F2N3O. The Kier molecular flexibility index (Phi) is 3.76. The fourth-order valence-electron chi connectivity index (χ4n) is 1.99. The summed E-state index contributed by atoms with van der Waals surface area (Å²) in [5.74, 6) is -0.635. The predicted molar refractivity (Wildman–Crippen MR) is 64.1 cm³/mol. The zero-order chi connectivity index (χ0) is 13.1. The molecule has 0 aliphatic carbocycles. The summed E-state index contributed by atoms with van der Waals surface area (Å²) in [4.78, 5) is 13.5. The van der Waals surface area contributed by atoms with Gasteiger partial charge in [-0.15, -0.1) is 0 Å². The third-order valence-electron chi connectivity index (χ3n) is 2.97. The van der Waals surface area contributed by atoms with E-state index in [1.807, 2.05) is 0 Å². The van der Waals surface area contributed by atoms with Crippen LogP contribution in [-0.4, -0.2) is 36.6 Å². The van der Waals surface area contributed by atoms with Gasteiger partial charge in [-0.1, -0.05) is 0 Å². The van der Waals surface area contributed by atoms with Gasteiger partial charge in [0, 0.05) is 13.0 Å². The molecule has 4 nitrogen and oxygen atoms in total. The van der Waals surface area contributed by atoms with Gasteiger partial charge in [0.25, 0.3) is 5.91 Å². The molecule has 1 amide bonds. The van der Waals surface area contributed by atoms with Crippen molar-refractivity contribution in [1.82, 2.24) is 10.3 Å². The number of halogens is 2. The van der Waals surface area contributed by atoms with Gasteiger partial charge in [-0.2, -0.15) is 0 Å². The highest BCUT2D eigenvalue weighted by Crippen LogP contribution is 2.18. The van der Waals surface area contributed by atoms with E-state index in [0.717, 1.165) is 0 Å². The van der Waals surface area contributed by atoms with Crippen LogP contribution in [0.2, 0.25) is 0 Å². The lowest BCUT2D eigenvalue weighted by Crippen LogP contribution is -2.43. The van der Waals surface area contributed by atoms with Crippen molar-refractivity contribution in [2.24, 2.45) is 0 Å². The van der Waals surface area contributed by atoms with E-state index < -0.39 is 12.2 Å². The van der Waals surface area contributed by atoms with E-state index in [9.17, 15) is 13.6 Å². The van der Waals surface area contributed by atoms with Crippen molar-refractivity contribution >= 4 is 11.6 Å². The lowest BCUT2D eigenvalue weighted by molar-refractivity contribution is -0.124. The Hall–Kier alpha value is -1.69. The second-order valence-corrected chi connectivity index (χ2v) is 4.41. The largest absolute Gasteiger partial charge is 0.299 e. The summed E-state index contributed by atoms with van der Waals surface area (Å²) in [5, 5.41) is 0. The molecule has 1 fully saturated rings. The minimum absolute atomic E-state index is 0.202. The predicted octanol–water partition coefficient (Wildman–Crippen LogP) is 1.31. The van der Waals surface area contributed by atoms with E-state index >= 15 is 0 Å². The number of amides is 1. The number of alkyl halides is 1. The van der Waals surface area contributed by atoms with Gasteiger partial charge in [0.2, 0.25) is 0 Å². The monoisotopic (exact) mass is 255 g/mol. The van der Waals surface area contributed by atoms with Crippen LogP contribution in [0.25, 0.3) is 0 Å². The van der Waals surface area contributed by atoms with Crippen molar-refractivity contribution in [2.45, 2.75) is 18.6 Å². The normalized spacial score (nSPS) is 23.9. The van der Waals surface area contributed by atoms with Gasteiger partial charge in [0.1, 0.15) is 12.0 Å². The van der Waals surface area contributed by atoms with Crippen molar-refractivity contribution in [3.8, 4) is 0 Å². The van der Waals surface area contributed by atoms with Gasteiger partial charge in [-0.25, -0.2) is 8.78 Å². The number of benzene rings is 1. The second kappa shape index (κ2) is 5.30. The average molecular weight is 255 g/mol. The SMILES string of the molecule is CN1CC(F)CC1C(=O)NNc1ccc(F)cc1. The molecule has 2 rings (SSSR count). The number of carbonyl (C=O) groups is 1. The minimum Gasteiger partial charge on any atom is -0.299 e. The molecule has 1 aliphatic heterocycles. The molecule has 2 atom stereocenters. The standard InChI is InChI=1S/C12H15F2N3O/c1-17-7-9(14)6-11(17)12(18)16-15-10-4-2-8(13)3-5-10/h2-5,9,11,15H,6-7H2,1H3,(H,16,18). The van der Waals surface area contributed by atoms with Crippen LogP contribution in [0.5, 0.6) is 0 Å². The number of anilines is 1. The Morgan fingerprint density at radius 2 is 2.06 bits per heavy atom. The van der Waals surface area contributed by atoms with Gasteiger partial charge in [0.15, 0.2) is 0 Å². The first-order chi connectivity index (χ1) is 8.56. The van der Waals surface area contributed by atoms with Gasteiger partial charge in [-0.05, 0) is 31.3 Å². The molecule has 0 aromatic heterocycles. The number of rotatable bonds is 3. The Balaban J connectivity index is 1.86. The Bertz CT molecular complexity index is 424. The van der Waals surface area contributed by atoms with E-state index in [0.29, 0.717) is 5.69 Å². The van der Waals surface area contributed by atoms with Crippen LogP contribution in [0, 0.1) is 5.82 Å². The van der Waals surface area contributed by atoms with Crippen molar-refractivity contribution in [3.63, 3.8) is 0 Å². The van der Waals surface area contributed by atoms with Gasteiger partial charge < -0.3 is 0 Å². The van der Waals surface area contributed by atoms with E-state index in [2.05, 4.69) is 10.9 Å². The van der Waals surface area contributed by atoms with Gasteiger partial charge in [-0.3, -0.25) is 20.5 Å². The number of carbonyl (C=O) groups excluding carboxylic acids is 1. The molecule has 98 valence electrons. The van der Waals surface area contributed by atoms with Crippen LogP contribution in [0.4, 0.5) is 14.5 Å². The third-order valence-corrected chi connectivity index (χ3v) is 2.97. The van der Waals surface area contributed by atoms with Crippen molar-refractivity contribution in [3.05, 3.63) is 30.1 Å². The zero-order valence-corrected chi connectivity index (χ0v) is 9.99. The first-order valence-electron chi connectivity index (χ1n) is 5.72. The summed E-state index contributed by atoms with van der Waals surface area (Å²) in [6, 6.07) is 5.12. The van der Waals surface area contributed by atoms with Crippen LogP contribution < -0.4 is 10.9 Å². The molecule has 0 bridgehead atoms. The number of hydrazine groups is 1. The first kappa shape index (κ1) is 12.8. The highest BCUT2D eigenvalue weighted by molar-refractivity contribution is 5.83. The number of nitrogens with one attached hydrogen (secondary N) is 2. The Morgan fingerprint density at radius 3 is 2.61 bits per heavy atom. The van der Waals surface area contributed by atoms with Crippen molar-refractivity contribution < 1.29 is 13.6 Å². The Labute approximate surface area is 104 Å². The second-order valence-electron chi connectivity index (χ2n) is 4.41. The third kappa shape index (κ3) is 2.95. The van der Waals surface area contributed by atoms with Crippen molar-refractivity contribution in [2.75, 3.05) is 19.0 Å². The summed E-state index contributed by atoms with van der Waals surface area (Å²) in [6.45, 7) is 0.272. The first-order valence-corrected chi connectivity index (χ1v) is 5.72. The summed E-state index contributed by atoms with van der Waals surface area (Å²) in [7, 11) is 1.71. The number of likely N-dealkylation sites (N-methyl/N-ethyl adjacent to an activating group) is 1. The molecule has 2 N–H and O–H groups in total. The maximum atomic E-state index is 13.1. The zero-order valence-electron chi connectivity index (χ0n) is 9.99. The summed E-state index contributed by atoms with van der Waals surface area (Å²) in [5.41, 5.74) is 5.73. The van der Waals surface area contributed by atoms with E-state index in [1.165, 1.54) is 24.3 Å². The quantitative estimate of drug-likeness (QED) is 0.800.